The molecule has 3 rings (SSSR count). The van der Waals surface area contributed by atoms with Gasteiger partial charge in [0.1, 0.15) is 17.0 Å². The Morgan fingerprint density at radius 1 is 1.18 bits per heavy atom. The van der Waals surface area contributed by atoms with Gasteiger partial charge >= 0.3 is 5.97 Å². The number of rotatable bonds is 8. The predicted molar refractivity (Wildman–Crippen MR) is 114 cm³/mol. The number of aromatic carboxylic acids is 1. The number of ether oxygens (including phenoxy) is 1. The number of aliphatic hydroxyl groups excluding tert-OH is 1. The van der Waals surface area contributed by atoms with Crippen molar-refractivity contribution in [3.8, 4) is 5.88 Å². The highest BCUT2D eigenvalue weighted by molar-refractivity contribution is 5.93. The second-order valence-corrected chi connectivity index (χ2v) is 7.71. The van der Waals surface area contributed by atoms with Crippen LogP contribution in [-0.4, -0.2) is 39.5 Å². The number of carboxylic acids is 1. The van der Waals surface area contributed by atoms with Gasteiger partial charge in [0, 0.05) is 24.4 Å². The average molecular weight is 465 g/mol. The van der Waals surface area contributed by atoms with Crippen molar-refractivity contribution in [3.63, 3.8) is 0 Å². The van der Waals surface area contributed by atoms with Crippen LogP contribution in [0.3, 0.4) is 0 Å². The highest BCUT2D eigenvalue weighted by Crippen LogP contribution is 2.29. The van der Waals surface area contributed by atoms with Crippen LogP contribution >= 0.6 is 0 Å². The number of fused-ring (bicyclic) bond motifs is 1. The second-order valence-electron chi connectivity index (χ2n) is 7.71. The highest BCUT2D eigenvalue weighted by Gasteiger charge is 2.23. The number of hydrogen-bond acceptors (Lipinski definition) is 6. The number of methoxy groups -OCH3 is 1. The fourth-order valence-corrected chi connectivity index (χ4v) is 3.45. The van der Waals surface area contributed by atoms with E-state index >= 15 is 0 Å². The smallest absolute Gasteiger partial charge is 0.341 e. The van der Waals surface area contributed by atoms with E-state index in [2.05, 4.69) is 10.3 Å². The molecule has 3 N–H and O–H groups in total. The zero-order valence-electron chi connectivity index (χ0n) is 18.0. The summed E-state index contributed by atoms with van der Waals surface area (Å²) >= 11 is 0. The Bertz CT molecular complexity index is 1280. The molecule has 0 fully saturated rings. The van der Waals surface area contributed by atoms with Gasteiger partial charge in [-0.3, -0.25) is 4.79 Å². The van der Waals surface area contributed by atoms with Gasteiger partial charge in [-0.15, -0.1) is 0 Å². The number of halogens is 3. The van der Waals surface area contributed by atoms with E-state index in [0.717, 1.165) is 6.20 Å². The van der Waals surface area contributed by atoms with Gasteiger partial charge < -0.3 is 24.8 Å². The molecule has 0 amide bonds. The molecule has 176 valence electrons. The van der Waals surface area contributed by atoms with Crippen LogP contribution in [0.2, 0.25) is 0 Å². The van der Waals surface area contributed by atoms with E-state index < -0.39 is 40.5 Å². The minimum absolute atomic E-state index is 0.0119. The predicted octanol–water partition coefficient (Wildman–Crippen LogP) is 3.32. The van der Waals surface area contributed by atoms with Crippen molar-refractivity contribution >= 4 is 22.7 Å². The lowest BCUT2D eigenvalue weighted by molar-refractivity contribution is 0.0694. The first-order valence-corrected chi connectivity index (χ1v) is 9.94. The first-order chi connectivity index (χ1) is 15.6. The second kappa shape index (κ2) is 9.49. The van der Waals surface area contributed by atoms with Crippen LogP contribution in [0.5, 0.6) is 5.88 Å². The lowest BCUT2D eigenvalue weighted by Crippen LogP contribution is -2.26. The van der Waals surface area contributed by atoms with Gasteiger partial charge in [-0.1, -0.05) is 13.8 Å². The summed E-state index contributed by atoms with van der Waals surface area (Å²) in [5, 5.41) is 22.0. The Morgan fingerprint density at radius 3 is 2.42 bits per heavy atom. The summed E-state index contributed by atoms with van der Waals surface area (Å²) in [6.45, 7) is 2.99. The molecule has 0 saturated carbocycles. The highest BCUT2D eigenvalue weighted by atomic mass is 19.2. The fraction of sp³-hybridized carbons (Fsp3) is 0.318. The first-order valence-electron chi connectivity index (χ1n) is 9.94. The van der Waals surface area contributed by atoms with E-state index in [0.29, 0.717) is 12.1 Å². The number of anilines is 1. The zero-order chi connectivity index (χ0) is 24.4. The molecule has 3 aromatic rings. The standard InChI is InChI=1S/C22H22F3N3O5/c1-10(2)18(9-29)28-8-13(22(31)32)19(30)12-5-17(21(33-3)27-20(12)28)26-7-11-4-15(24)16(25)6-14(11)23/h4-6,8,10,18,26,29H,7,9H2,1-3H3,(H,31,32). The van der Waals surface area contributed by atoms with E-state index in [1.807, 2.05) is 13.8 Å². The number of aliphatic hydroxyl groups is 1. The largest absolute Gasteiger partial charge is 0.479 e. The Hall–Kier alpha value is -3.60. The molecule has 0 aliphatic carbocycles. The van der Waals surface area contributed by atoms with E-state index in [1.54, 1.807) is 0 Å². The third-order valence-electron chi connectivity index (χ3n) is 5.27. The molecule has 0 spiro atoms. The van der Waals surface area contributed by atoms with Crippen molar-refractivity contribution < 1.29 is 32.9 Å². The summed E-state index contributed by atoms with van der Waals surface area (Å²) in [4.78, 5) is 28.8. The monoisotopic (exact) mass is 465 g/mol. The van der Waals surface area contributed by atoms with Crippen molar-refractivity contribution in [2.45, 2.75) is 26.4 Å². The number of nitrogens with one attached hydrogen (secondary N) is 1. The van der Waals surface area contributed by atoms with Crippen LogP contribution in [0.15, 0.2) is 29.2 Å². The summed E-state index contributed by atoms with van der Waals surface area (Å²) in [6.07, 6.45) is 1.13. The number of aromatic nitrogens is 2. The molecule has 0 bridgehead atoms. The Balaban J connectivity index is 2.18. The van der Waals surface area contributed by atoms with Crippen LogP contribution in [-0.2, 0) is 6.54 Å². The molecular formula is C22H22F3N3O5. The summed E-state index contributed by atoms with van der Waals surface area (Å²) in [5.41, 5.74) is -1.34. The van der Waals surface area contributed by atoms with E-state index in [1.165, 1.54) is 17.7 Å². The van der Waals surface area contributed by atoms with E-state index in [4.69, 9.17) is 4.74 Å². The topological polar surface area (TPSA) is 114 Å². The molecule has 2 heterocycles. The normalized spacial score (nSPS) is 12.2. The molecule has 2 aromatic heterocycles. The molecule has 11 heteroatoms. The molecule has 0 aliphatic heterocycles. The lowest BCUT2D eigenvalue weighted by Gasteiger charge is -2.24. The maximum atomic E-state index is 14.0. The molecule has 1 unspecified atom stereocenters. The van der Waals surface area contributed by atoms with Crippen LogP contribution in [0.1, 0.15) is 35.8 Å². The van der Waals surface area contributed by atoms with Gasteiger partial charge in [0.05, 0.1) is 30.8 Å². The molecule has 1 aromatic carbocycles. The van der Waals surface area contributed by atoms with Gasteiger partial charge in [0.2, 0.25) is 11.3 Å². The average Bonchev–Trinajstić information content (AvgIpc) is 2.76. The summed E-state index contributed by atoms with van der Waals surface area (Å²) < 4.78 is 47.4. The van der Waals surface area contributed by atoms with Gasteiger partial charge in [-0.2, -0.15) is 4.98 Å². The third kappa shape index (κ3) is 4.63. The molecule has 33 heavy (non-hydrogen) atoms. The third-order valence-corrected chi connectivity index (χ3v) is 5.27. The van der Waals surface area contributed by atoms with Crippen molar-refractivity contribution in [2.24, 2.45) is 5.92 Å². The van der Waals surface area contributed by atoms with Crippen LogP contribution in [0.4, 0.5) is 18.9 Å². The van der Waals surface area contributed by atoms with Gasteiger partial charge in [0.25, 0.3) is 0 Å². The number of benzene rings is 1. The summed E-state index contributed by atoms with van der Waals surface area (Å²) in [6, 6.07) is 1.82. The van der Waals surface area contributed by atoms with Crippen molar-refractivity contribution in [3.05, 3.63) is 63.2 Å². The Labute approximate surface area is 186 Å². The van der Waals surface area contributed by atoms with Crippen LogP contribution in [0, 0.1) is 23.4 Å². The maximum Gasteiger partial charge on any atom is 0.341 e. The zero-order valence-corrected chi connectivity index (χ0v) is 18.0. The van der Waals surface area contributed by atoms with Gasteiger partial charge in [-0.25, -0.2) is 18.0 Å². The molecule has 8 nitrogen and oxygen atoms in total. The molecule has 0 radical (unpaired) electrons. The lowest BCUT2D eigenvalue weighted by atomic mass is 10.0. The van der Waals surface area contributed by atoms with Crippen molar-refractivity contribution in [1.82, 2.24) is 9.55 Å². The Kier molecular flexibility index (Phi) is 6.92. The first kappa shape index (κ1) is 24.1. The maximum absolute atomic E-state index is 14.0. The SMILES string of the molecule is COc1nc2c(cc1NCc1cc(F)c(F)cc1F)c(=O)c(C(=O)O)cn2C(CO)C(C)C. The number of pyridine rings is 2. The minimum Gasteiger partial charge on any atom is -0.479 e. The molecule has 0 saturated heterocycles. The van der Waals surface area contributed by atoms with Gasteiger partial charge in [-0.05, 0) is 18.1 Å². The number of hydrogen-bond donors (Lipinski definition) is 3. The Morgan fingerprint density at radius 2 is 1.85 bits per heavy atom. The quantitative estimate of drug-likeness (QED) is 0.438. The molecule has 0 aliphatic rings. The van der Waals surface area contributed by atoms with Gasteiger partial charge in [0.15, 0.2) is 11.6 Å². The number of carboxylic acid groups (broad SMARTS) is 1. The van der Waals surface area contributed by atoms with E-state index in [9.17, 15) is 33.0 Å². The fourth-order valence-electron chi connectivity index (χ4n) is 3.45. The number of carbonyl (C=O) groups is 1. The summed E-state index contributed by atoms with van der Waals surface area (Å²) in [5.74, 6) is -5.13. The van der Waals surface area contributed by atoms with Crippen molar-refractivity contribution in [1.29, 1.82) is 0 Å². The number of nitrogens with zero attached hydrogens (tertiary/aromatic N) is 2. The summed E-state index contributed by atoms with van der Waals surface area (Å²) in [7, 11) is 1.30. The molecular weight excluding hydrogens is 443 g/mol. The molecule has 1 atom stereocenters. The van der Waals surface area contributed by atoms with Crippen LogP contribution < -0.4 is 15.5 Å². The van der Waals surface area contributed by atoms with Crippen LogP contribution in [0.25, 0.3) is 11.0 Å². The minimum atomic E-state index is -1.45. The van der Waals surface area contributed by atoms with Crippen molar-refractivity contribution in [2.75, 3.05) is 19.0 Å². The van der Waals surface area contributed by atoms with E-state index in [-0.39, 0.29) is 47.2 Å².